The fourth-order valence-corrected chi connectivity index (χ4v) is 4.04. The first-order chi connectivity index (χ1) is 7.93. The van der Waals surface area contributed by atoms with Crippen molar-refractivity contribution in [3.63, 3.8) is 0 Å². The monoisotopic (exact) mass is 254 g/mol. The number of hydrogen-bond donors (Lipinski definition) is 1. The van der Waals surface area contributed by atoms with Crippen molar-refractivity contribution < 1.29 is 8.42 Å². The van der Waals surface area contributed by atoms with Crippen LogP contribution in [0, 0.1) is 13.8 Å². The Balaban J connectivity index is 2.52. The Morgan fingerprint density at radius 1 is 1.18 bits per heavy atom. The average Bonchev–Trinajstić information content (AvgIpc) is 2.76. The number of anilines is 1. The standard InChI is InChI=1S/C12H18N2O2S/c1-9-7-11(13)10(2)12(8-9)17(15,16)14-5-3-4-6-14/h7-8H,3-6,13H2,1-2H3. The summed E-state index contributed by atoms with van der Waals surface area (Å²) < 4.78 is 26.4. The molecule has 17 heavy (non-hydrogen) atoms. The van der Waals surface area contributed by atoms with Gasteiger partial charge in [0.05, 0.1) is 4.90 Å². The molecular weight excluding hydrogens is 236 g/mol. The summed E-state index contributed by atoms with van der Waals surface area (Å²) in [5.74, 6) is 0. The van der Waals surface area contributed by atoms with Crippen molar-refractivity contribution in [3.8, 4) is 0 Å². The molecule has 1 saturated heterocycles. The third-order valence-electron chi connectivity index (χ3n) is 3.23. The summed E-state index contributed by atoms with van der Waals surface area (Å²) in [7, 11) is -3.36. The topological polar surface area (TPSA) is 63.4 Å². The molecule has 4 nitrogen and oxygen atoms in total. The predicted molar refractivity (Wildman–Crippen MR) is 68.3 cm³/mol. The van der Waals surface area contributed by atoms with Gasteiger partial charge in [-0.05, 0) is 49.9 Å². The summed E-state index contributed by atoms with van der Waals surface area (Å²) in [5.41, 5.74) is 7.91. The van der Waals surface area contributed by atoms with E-state index in [1.165, 1.54) is 0 Å². The van der Waals surface area contributed by atoms with E-state index in [1.807, 2.05) is 6.92 Å². The molecule has 1 aromatic carbocycles. The van der Waals surface area contributed by atoms with E-state index in [0.29, 0.717) is 29.2 Å². The molecule has 0 aromatic heterocycles. The fourth-order valence-electron chi connectivity index (χ4n) is 2.19. The van der Waals surface area contributed by atoms with Crippen molar-refractivity contribution in [1.29, 1.82) is 0 Å². The maximum absolute atomic E-state index is 12.4. The maximum Gasteiger partial charge on any atom is 0.243 e. The summed E-state index contributed by atoms with van der Waals surface area (Å²) in [5, 5.41) is 0. The molecule has 0 bridgehead atoms. The van der Waals surface area contributed by atoms with Gasteiger partial charge in [-0.3, -0.25) is 0 Å². The molecule has 0 atom stereocenters. The van der Waals surface area contributed by atoms with Gasteiger partial charge in [0.2, 0.25) is 10.0 Å². The number of benzene rings is 1. The van der Waals surface area contributed by atoms with E-state index in [0.717, 1.165) is 18.4 Å². The molecule has 94 valence electrons. The Bertz CT molecular complexity index is 532. The van der Waals surface area contributed by atoms with Crippen molar-refractivity contribution in [2.24, 2.45) is 0 Å². The first kappa shape index (κ1) is 12.4. The Morgan fingerprint density at radius 3 is 2.35 bits per heavy atom. The lowest BCUT2D eigenvalue weighted by Gasteiger charge is -2.18. The minimum absolute atomic E-state index is 0.358. The SMILES string of the molecule is Cc1cc(N)c(C)c(S(=O)(=O)N2CCCC2)c1. The largest absolute Gasteiger partial charge is 0.398 e. The minimum Gasteiger partial charge on any atom is -0.398 e. The second kappa shape index (κ2) is 4.31. The van der Waals surface area contributed by atoms with Gasteiger partial charge in [0.25, 0.3) is 0 Å². The van der Waals surface area contributed by atoms with Crippen LogP contribution in [0.15, 0.2) is 17.0 Å². The van der Waals surface area contributed by atoms with E-state index in [1.54, 1.807) is 23.4 Å². The molecule has 1 aromatic rings. The van der Waals surface area contributed by atoms with Gasteiger partial charge in [-0.2, -0.15) is 4.31 Å². The van der Waals surface area contributed by atoms with E-state index in [9.17, 15) is 8.42 Å². The lowest BCUT2D eigenvalue weighted by Crippen LogP contribution is -2.28. The van der Waals surface area contributed by atoms with Crippen molar-refractivity contribution in [3.05, 3.63) is 23.3 Å². The number of aryl methyl sites for hydroxylation is 1. The third-order valence-corrected chi connectivity index (χ3v) is 5.25. The summed E-state index contributed by atoms with van der Waals surface area (Å²) in [6.07, 6.45) is 1.89. The second-order valence-electron chi connectivity index (χ2n) is 4.59. The van der Waals surface area contributed by atoms with Gasteiger partial charge < -0.3 is 5.73 Å². The first-order valence-corrected chi connectivity index (χ1v) is 7.24. The highest BCUT2D eigenvalue weighted by atomic mass is 32.2. The van der Waals surface area contributed by atoms with Crippen LogP contribution in [0.4, 0.5) is 5.69 Å². The number of hydrogen-bond acceptors (Lipinski definition) is 3. The molecule has 0 amide bonds. The highest BCUT2D eigenvalue weighted by molar-refractivity contribution is 7.89. The molecule has 1 heterocycles. The van der Waals surface area contributed by atoms with Gasteiger partial charge in [-0.15, -0.1) is 0 Å². The molecule has 0 radical (unpaired) electrons. The molecule has 0 spiro atoms. The van der Waals surface area contributed by atoms with Crippen molar-refractivity contribution >= 4 is 15.7 Å². The van der Waals surface area contributed by atoms with E-state index in [-0.39, 0.29) is 0 Å². The van der Waals surface area contributed by atoms with Crippen LogP contribution < -0.4 is 5.73 Å². The van der Waals surface area contributed by atoms with Gasteiger partial charge in [0.1, 0.15) is 0 Å². The van der Waals surface area contributed by atoms with Crippen LogP contribution in [0.2, 0.25) is 0 Å². The molecule has 0 aliphatic carbocycles. The highest BCUT2D eigenvalue weighted by Crippen LogP contribution is 2.27. The van der Waals surface area contributed by atoms with E-state index >= 15 is 0 Å². The summed E-state index contributed by atoms with van der Waals surface area (Å²) in [6, 6.07) is 3.51. The van der Waals surface area contributed by atoms with Gasteiger partial charge in [-0.25, -0.2) is 8.42 Å². The number of sulfonamides is 1. The van der Waals surface area contributed by atoms with Gasteiger partial charge in [0.15, 0.2) is 0 Å². The molecule has 1 aliphatic heterocycles. The van der Waals surface area contributed by atoms with Crippen LogP contribution in [-0.2, 0) is 10.0 Å². The number of nitrogen functional groups attached to an aromatic ring is 1. The maximum atomic E-state index is 12.4. The van der Waals surface area contributed by atoms with Crippen molar-refractivity contribution in [2.75, 3.05) is 18.8 Å². The first-order valence-electron chi connectivity index (χ1n) is 5.80. The second-order valence-corrected chi connectivity index (χ2v) is 6.49. The quantitative estimate of drug-likeness (QED) is 0.817. The molecule has 1 fully saturated rings. The molecule has 1 aliphatic rings. The number of rotatable bonds is 2. The van der Waals surface area contributed by atoms with E-state index in [4.69, 9.17) is 5.73 Å². The Labute approximate surface area is 102 Å². The highest BCUT2D eigenvalue weighted by Gasteiger charge is 2.29. The van der Waals surface area contributed by atoms with Gasteiger partial charge in [-0.1, -0.05) is 0 Å². The summed E-state index contributed by atoms with van der Waals surface area (Å²) in [4.78, 5) is 0.358. The smallest absolute Gasteiger partial charge is 0.243 e. The lowest BCUT2D eigenvalue weighted by atomic mass is 10.1. The van der Waals surface area contributed by atoms with Crippen LogP contribution in [-0.4, -0.2) is 25.8 Å². The van der Waals surface area contributed by atoms with Crippen LogP contribution in [0.25, 0.3) is 0 Å². The summed E-state index contributed by atoms with van der Waals surface area (Å²) in [6.45, 7) is 4.86. The van der Waals surface area contributed by atoms with Crippen LogP contribution in [0.5, 0.6) is 0 Å². The average molecular weight is 254 g/mol. The van der Waals surface area contributed by atoms with E-state index in [2.05, 4.69) is 0 Å². The lowest BCUT2D eigenvalue weighted by molar-refractivity contribution is 0.477. The van der Waals surface area contributed by atoms with E-state index < -0.39 is 10.0 Å². The molecular formula is C12H18N2O2S. The van der Waals surface area contributed by atoms with Gasteiger partial charge >= 0.3 is 0 Å². The number of nitrogens with two attached hydrogens (primary N) is 1. The van der Waals surface area contributed by atoms with Crippen LogP contribution >= 0.6 is 0 Å². The molecule has 5 heteroatoms. The molecule has 0 unspecified atom stereocenters. The van der Waals surface area contributed by atoms with Crippen LogP contribution in [0.3, 0.4) is 0 Å². The zero-order valence-corrected chi connectivity index (χ0v) is 11.0. The van der Waals surface area contributed by atoms with Crippen LogP contribution in [0.1, 0.15) is 24.0 Å². The normalized spacial score (nSPS) is 17.5. The zero-order chi connectivity index (χ0) is 12.6. The Kier molecular flexibility index (Phi) is 3.14. The Morgan fingerprint density at radius 2 is 1.76 bits per heavy atom. The third kappa shape index (κ3) is 2.17. The number of nitrogens with zero attached hydrogens (tertiary/aromatic N) is 1. The molecule has 2 rings (SSSR count). The zero-order valence-electron chi connectivity index (χ0n) is 10.2. The van der Waals surface area contributed by atoms with Crippen molar-refractivity contribution in [2.45, 2.75) is 31.6 Å². The Hall–Kier alpha value is -1.07. The predicted octanol–water partition coefficient (Wildman–Crippen LogP) is 1.67. The minimum atomic E-state index is -3.36. The van der Waals surface area contributed by atoms with Gasteiger partial charge in [0, 0.05) is 18.8 Å². The summed E-state index contributed by atoms with van der Waals surface area (Å²) >= 11 is 0. The van der Waals surface area contributed by atoms with Crippen molar-refractivity contribution in [1.82, 2.24) is 4.31 Å². The molecule has 2 N–H and O–H groups in total. The fraction of sp³-hybridized carbons (Fsp3) is 0.500. The molecule has 0 saturated carbocycles.